The smallest absolute Gasteiger partial charge is 0.306 e. The molecule has 31 heavy (non-hydrogen) atoms. The van der Waals surface area contributed by atoms with Gasteiger partial charge in [0.1, 0.15) is 17.1 Å². The van der Waals surface area contributed by atoms with Gasteiger partial charge in [-0.25, -0.2) is 0 Å². The van der Waals surface area contributed by atoms with Crippen molar-refractivity contribution in [1.29, 1.82) is 0 Å². The van der Waals surface area contributed by atoms with Gasteiger partial charge in [0.15, 0.2) is 0 Å². The summed E-state index contributed by atoms with van der Waals surface area (Å²) in [4.78, 5) is 11.3. The van der Waals surface area contributed by atoms with Crippen LogP contribution in [0.5, 0.6) is 11.5 Å². The second kappa shape index (κ2) is 9.01. The third-order valence-corrected chi connectivity index (χ3v) is 5.72. The van der Waals surface area contributed by atoms with Crippen LogP contribution in [0.1, 0.15) is 32.3 Å². The molecule has 8 heteroatoms. The molecule has 0 radical (unpaired) electrons. The molecule has 0 aliphatic heterocycles. The molecule has 1 heterocycles. The molecule has 1 atom stereocenters. The lowest BCUT2D eigenvalue weighted by molar-refractivity contribution is -0.321. The molecule has 0 unspecified atom stereocenters. The van der Waals surface area contributed by atoms with Crippen LogP contribution in [-0.2, 0) is 27.9 Å². The largest absolute Gasteiger partial charge is 0.546 e. The molecule has 3 aromatic rings. The van der Waals surface area contributed by atoms with E-state index in [4.69, 9.17) is 8.92 Å². The monoisotopic (exact) mass is 444 g/mol. The predicted octanol–water partition coefficient (Wildman–Crippen LogP) is 2.91. The zero-order chi connectivity index (χ0) is 22.6. The number of benzene rings is 2. The van der Waals surface area contributed by atoms with Gasteiger partial charge in [0.25, 0.3) is 0 Å². The summed E-state index contributed by atoms with van der Waals surface area (Å²) in [5.74, 6) is -0.429. The molecule has 1 aromatic heterocycles. The highest BCUT2D eigenvalue weighted by Crippen LogP contribution is 2.24. The first kappa shape index (κ1) is 22.7. The van der Waals surface area contributed by atoms with E-state index in [1.807, 2.05) is 30.5 Å². The summed E-state index contributed by atoms with van der Waals surface area (Å²) in [6.07, 6.45) is 5.05. The standard InChI is InChI=1S/C23H27NO6S/c1-4-23(2,22(25)26)29-19-9-7-17(8-10-19)6-5-14-24-15-13-18-16-20(11-12-21(18)24)30-31(3,27)28/h7-13,15-16H,4-6,14H2,1-3H3,(H,25,26)/p-1/t23-/m1/s1. The molecule has 2 aromatic carbocycles. The lowest BCUT2D eigenvalue weighted by Gasteiger charge is -2.30. The third kappa shape index (κ3) is 5.79. The highest BCUT2D eigenvalue weighted by atomic mass is 32.2. The molecule has 0 saturated heterocycles. The third-order valence-electron chi connectivity index (χ3n) is 5.23. The maximum absolute atomic E-state index is 11.3. The van der Waals surface area contributed by atoms with Crippen molar-refractivity contribution in [3.8, 4) is 11.5 Å². The normalized spacial score (nSPS) is 13.6. The van der Waals surface area contributed by atoms with Crippen molar-refractivity contribution in [1.82, 2.24) is 4.57 Å². The number of carboxylic acid groups (broad SMARTS) is 1. The van der Waals surface area contributed by atoms with Gasteiger partial charge in [-0.05, 0) is 68.1 Å². The molecule has 0 bridgehead atoms. The van der Waals surface area contributed by atoms with Crippen LogP contribution in [0.3, 0.4) is 0 Å². The molecule has 0 fully saturated rings. The molecule has 7 nitrogen and oxygen atoms in total. The second-order valence-corrected chi connectivity index (χ2v) is 9.31. The molecule has 3 rings (SSSR count). The zero-order valence-electron chi connectivity index (χ0n) is 17.8. The van der Waals surface area contributed by atoms with E-state index >= 15 is 0 Å². The molecule has 0 aliphatic rings. The van der Waals surface area contributed by atoms with E-state index in [9.17, 15) is 18.3 Å². The Bertz CT molecular complexity index is 1170. The average molecular weight is 445 g/mol. The first-order valence-electron chi connectivity index (χ1n) is 10.1. The molecule has 0 N–H and O–H groups in total. The predicted molar refractivity (Wildman–Crippen MR) is 117 cm³/mol. The number of ether oxygens (including phenoxy) is 1. The van der Waals surface area contributed by atoms with Crippen molar-refractivity contribution < 1.29 is 27.2 Å². The minimum Gasteiger partial charge on any atom is -0.546 e. The number of nitrogens with zero attached hydrogens (tertiary/aromatic N) is 1. The number of carboxylic acids is 1. The number of carbonyl (C=O) groups excluding carboxylic acids is 1. The highest BCUT2D eigenvalue weighted by Gasteiger charge is 2.25. The van der Waals surface area contributed by atoms with Gasteiger partial charge in [0, 0.05) is 23.6 Å². The van der Waals surface area contributed by atoms with Gasteiger partial charge in [0.05, 0.1) is 12.2 Å². The van der Waals surface area contributed by atoms with Crippen molar-refractivity contribution in [2.24, 2.45) is 0 Å². The SMILES string of the molecule is CC[C@@](C)(Oc1ccc(CCCn2ccc3cc(OS(C)(=O)=O)ccc32)cc1)C(=O)[O-]. The fraction of sp³-hybridized carbons (Fsp3) is 0.348. The first-order chi connectivity index (χ1) is 14.6. The van der Waals surface area contributed by atoms with Crippen LogP contribution < -0.4 is 14.0 Å². The number of hydrogen-bond acceptors (Lipinski definition) is 6. The van der Waals surface area contributed by atoms with Gasteiger partial charge in [-0.3, -0.25) is 0 Å². The quantitative estimate of drug-likeness (QED) is 0.446. The fourth-order valence-electron chi connectivity index (χ4n) is 3.30. The van der Waals surface area contributed by atoms with Crippen LogP contribution in [0.2, 0.25) is 0 Å². The molecular weight excluding hydrogens is 418 g/mol. The van der Waals surface area contributed by atoms with Crippen LogP contribution >= 0.6 is 0 Å². The first-order valence-corrected chi connectivity index (χ1v) is 11.9. The number of hydrogen-bond donors (Lipinski definition) is 0. The van der Waals surface area contributed by atoms with E-state index in [1.165, 1.54) is 6.92 Å². The van der Waals surface area contributed by atoms with Crippen molar-refractivity contribution >= 4 is 27.0 Å². The van der Waals surface area contributed by atoms with E-state index < -0.39 is 21.7 Å². The summed E-state index contributed by atoms with van der Waals surface area (Å²) in [7, 11) is -3.55. The van der Waals surface area contributed by atoms with Crippen LogP contribution in [0.25, 0.3) is 10.9 Å². The Morgan fingerprint density at radius 1 is 1.10 bits per heavy atom. The number of rotatable bonds is 10. The van der Waals surface area contributed by atoms with Gasteiger partial charge in [-0.2, -0.15) is 8.42 Å². The van der Waals surface area contributed by atoms with Gasteiger partial charge in [0.2, 0.25) is 0 Å². The van der Waals surface area contributed by atoms with Crippen LogP contribution in [-0.4, -0.2) is 30.8 Å². The van der Waals surface area contributed by atoms with Crippen LogP contribution in [0.15, 0.2) is 54.7 Å². The average Bonchev–Trinajstić information content (AvgIpc) is 3.10. The van der Waals surface area contributed by atoms with Gasteiger partial charge in [-0.15, -0.1) is 0 Å². The number of carbonyl (C=O) groups is 1. The van der Waals surface area contributed by atoms with Gasteiger partial charge < -0.3 is 23.4 Å². The van der Waals surface area contributed by atoms with Crippen LogP contribution in [0.4, 0.5) is 0 Å². The number of aliphatic carboxylic acids is 1. The Balaban J connectivity index is 1.59. The minimum atomic E-state index is -3.55. The van der Waals surface area contributed by atoms with Crippen molar-refractivity contribution in [3.63, 3.8) is 0 Å². The van der Waals surface area contributed by atoms with Crippen molar-refractivity contribution in [3.05, 3.63) is 60.3 Å². The topological polar surface area (TPSA) is 97.7 Å². The Kier molecular flexibility index (Phi) is 6.59. The van der Waals surface area contributed by atoms with Crippen LogP contribution in [0, 0.1) is 0 Å². The maximum atomic E-state index is 11.3. The fourth-order valence-corrected chi connectivity index (χ4v) is 3.75. The summed E-state index contributed by atoms with van der Waals surface area (Å²) >= 11 is 0. The summed E-state index contributed by atoms with van der Waals surface area (Å²) in [6, 6.07) is 14.6. The summed E-state index contributed by atoms with van der Waals surface area (Å²) in [5.41, 5.74) is 0.786. The summed E-state index contributed by atoms with van der Waals surface area (Å²) < 4.78 is 35.2. The van der Waals surface area contributed by atoms with Crippen molar-refractivity contribution in [2.75, 3.05) is 6.26 Å². The molecule has 0 aliphatic carbocycles. The lowest BCUT2D eigenvalue weighted by atomic mass is 10.0. The van der Waals surface area contributed by atoms with E-state index in [1.54, 1.807) is 31.2 Å². The Hall–Kier alpha value is -3.00. The second-order valence-electron chi connectivity index (χ2n) is 7.74. The Morgan fingerprint density at radius 2 is 1.77 bits per heavy atom. The minimum absolute atomic E-state index is 0.299. The van der Waals surface area contributed by atoms with Gasteiger partial charge in [-0.1, -0.05) is 19.1 Å². The Morgan fingerprint density at radius 3 is 2.39 bits per heavy atom. The van der Waals surface area contributed by atoms with E-state index in [-0.39, 0.29) is 0 Å². The van der Waals surface area contributed by atoms with Crippen molar-refractivity contribution in [2.45, 2.75) is 45.3 Å². The number of aromatic nitrogens is 1. The number of aryl methyl sites for hydroxylation is 2. The molecule has 0 saturated carbocycles. The van der Waals surface area contributed by atoms with E-state index in [0.717, 1.165) is 42.1 Å². The number of fused-ring (bicyclic) bond motifs is 1. The molecular formula is C23H26NO6S-. The maximum Gasteiger partial charge on any atom is 0.306 e. The molecule has 0 amide bonds. The van der Waals surface area contributed by atoms with Gasteiger partial charge >= 0.3 is 10.1 Å². The van der Waals surface area contributed by atoms with E-state index in [0.29, 0.717) is 17.9 Å². The molecule has 166 valence electrons. The lowest BCUT2D eigenvalue weighted by Crippen LogP contribution is -2.49. The molecule has 0 spiro atoms. The summed E-state index contributed by atoms with van der Waals surface area (Å²) in [5, 5.41) is 12.2. The van der Waals surface area contributed by atoms with E-state index in [2.05, 4.69) is 4.57 Å². The highest BCUT2D eigenvalue weighted by molar-refractivity contribution is 7.86. The zero-order valence-corrected chi connectivity index (χ0v) is 18.6. The summed E-state index contributed by atoms with van der Waals surface area (Å²) in [6.45, 7) is 4.05. The Labute approximate surface area is 182 Å².